The lowest BCUT2D eigenvalue weighted by Gasteiger charge is -2.17. The summed E-state index contributed by atoms with van der Waals surface area (Å²) in [4.78, 5) is 4.41. The molecule has 0 aliphatic rings. The molecule has 0 atom stereocenters. The first-order valence-electron chi connectivity index (χ1n) is 7.61. The fourth-order valence-corrected chi connectivity index (χ4v) is 2.13. The highest BCUT2D eigenvalue weighted by Gasteiger charge is 2.07. The van der Waals surface area contributed by atoms with Gasteiger partial charge in [0.15, 0.2) is 0 Å². The van der Waals surface area contributed by atoms with Gasteiger partial charge in [-0.1, -0.05) is 33.6 Å². The third kappa shape index (κ3) is 5.60. The van der Waals surface area contributed by atoms with Crippen molar-refractivity contribution in [2.45, 2.75) is 53.5 Å². The summed E-state index contributed by atoms with van der Waals surface area (Å²) < 4.78 is 0. The molecule has 0 bridgehead atoms. The Morgan fingerprint density at radius 3 is 2.58 bits per heavy atom. The van der Waals surface area contributed by atoms with Gasteiger partial charge in [-0.2, -0.15) is 0 Å². The van der Waals surface area contributed by atoms with E-state index < -0.39 is 0 Å². The van der Waals surface area contributed by atoms with Crippen LogP contribution in [0.5, 0.6) is 0 Å². The first-order valence-corrected chi connectivity index (χ1v) is 7.61. The summed E-state index contributed by atoms with van der Waals surface area (Å²) in [6.07, 6.45) is 5.62. The number of anilines is 1. The minimum absolute atomic E-state index is 0.755. The number of pyridine rings is 1. The zero-order chi connectivity index (χ0) is 14.1. The van der Waals surface area contributed by atoms with Gasteiger partial charge in [0, 0.05) is 36.2 Å². The number of hydrogen-bond donors (Lipinski definition) is 2. The van der Waals surface area contributed by atoms with Crippen molar-refractivity contribution in [3.05, 3.63) is 23.5 Å². The molecule has 3 nitrogen and oxygen atoms in total. The van der Waals surface area contributed by atoms with Crippen LogP contribution >= 0.6 is 0 Å². The molecule has 1 aromatic heterocycles. The Labute approximate surface area is 118 Å². The van der Waals surface area contributed by atoms with Crippen LogP contribution in [0, 0.1) is 12.8 Å². The molecular weight excluding hydrogens is 234 g/mol. The molecule has 0 unspecified atom stereocenters. The van der Waals surface area contributed by atoms with Crippen LogP contribution in [0.1, 0.15) is 51.3 Å². The van der Waals surface area contributed by atoms with E-state index >= 15 is 0 Å². The predicted octanol–water partition coefficient (Wildman–Crippen LogP) is 3.74. The first-order chi connectivity index (χ1) is 9.21. The van der Waals surface area contributed by atoms with Crippen LogP contribution in [0.15, 0.2) is 12.3 Å². The Balaban J connectivity index is 2.65. The van der Waals surface area contributed by atoms with E-state index in [0.717, 1.165) is 37.7 Å². The summed E-state index contributed by atoms with van der Waals surface area (Å²) in [5.41, 5.74) is 3.58. The zero-order valence-electron chi connectivity index (χ0n) is 12.9. The molecule has 0 aliphatic carbocycles. The largest absolute Gasteiger partial charge is 0.384 e. The molecule has 2 N–H and O–H groups in total. The van der Waals surface area contributed by atoms with Crippen molar-refractivity contribution in [3.63, 3.8) is 0 Å². The Hall–Kier alpha value is -1.09. The number of rotatable bonds is 9. The lowest BCUT2D eigenvalue weighted by molar-refractivity contribution is 0.518. The van der Waals surface area contributed by atoms with Crippen LogP contribution < -0.4 is 10.6 Å². The highest BCUT2D eigenvalue weighted by atomic mass is 14.9. The summed E-state index contributed by atoms with van der Waals surface area (Å²) in [6.45, 7) is 11.8. The molecule has 1 heterocycles. The number of hydrogen-bond acceptors (Lipinski definition) is 3. The number of aryl methyl sites for hydroxylation is 1. The van der Waals surface area contributed by atoms with Gasteiger partial charge in [-0.25, -0.2) is 0 Å². The minimum atomic E-state index is 0.755. The third-order valence-corrected chi connectivity index (χ3v) is 3.60. The van der Waals surface area contributed by atoms with E-state index in [-0.39, 0.29) is 0 Å². The van der Waals surface area contributed by atoms with Gasteiger partial charge in [0.05, 0.1) is 0 Å². The molecule has 0 spiro atoms. The van der Waals surface area contributed by atoms with E-state index in [4.69, 9.17) is 0 Å². The Kier molecular flexibility index (Phi) is 7.49. The van der Waals surface area contributed by atoms with Gasteiger partial charge in [-0.05, 0) is 31.9 Å². The first kappa shape index (κ1) is 16.0. The molecule has 1 rings (SSSR count). The second-order valence-electron chi connectivity index (χ2n) is 5.22. The zero-order valence-corrected chi connectivity index (χ0v) is 12.9. The minimum Gasteiger partial charge on any atom is -0.384 e. The molecule has 0 saturated heterocycles. The average molecular weight is 263 g/mol. The third-order valence-electron chi connectivity index (χ3n) is 3.60. The van der Waals surface area contributed by atoms with Gasteiger partial charge in [0.2, 0.25) is 0 Å². The maximum Gasteiger partial charge on any atom is 0.0419 e. The topological polar surface area (TPSA) is 37.0 Å². The maximum atomic E-state index is 4.41. The van der Waals surface area contributed by atoms with Crippen molar-refractivity contribution < 1.29 is 0 Å². The molecular formula is C16H29N3. The Bertz CT molecular complexity index is 359. The van der Waals surface area contributed by atoms with Gasteiger partial charge >= 0.3 is 0 Å². The van der Waals surface area contributed by atoms with Gasteiger partial charge in [0.1, 0.15) is 0 Å². The summed E-state index contributed by atoms with van der Waals surface area (Å²) in [7, 11) is 0. The van der Waals surface area contributed by atoms with Crippen molar-refractivity contribution >= 4 is 5.69 Å². The van der Waals surface area contributed by atoms with Gasteiger partial charge in [0.25, 0.3) is 0 Å². The smallest absolute Gasteiger partial charge is 0.0419 e. The number of aromatic nitrogens is 1. The quantitative estimate of drug-likeness (QED) is 0.666. The monoisotopic (exact) mass is 263 g/mol. The summed E-state index contributed by atoms with van der Waals surface area (Å²) in [5, 5.41) is 7.05. The van der Waals surface area contributed by atoms with Crippen molar-refractivity contribution in [2.24, 2.45) is 5.92 Å². The van der Waals surface area contributed by atoms with Crippen molar-refractivity contribution in [1.29, 1.82) is 0 Å². The molecule has 0 radical (unpaired) electrons. The molecule has 1 aromatic rings. The summed E-state index contributed by atoms with van der Waals surface area (Å²) >= 11 is 0. The van der Waals surface area contributed by atoms with Crippen LogP contribution in [-0.4, -0.2) is 18.1 Å². The van der Waals surface area contributed by atoms with Crippen LogP contribution in [0.25, 0.3) is 0 Å². The van der Waals surface area contributed by atoms with E-state index in [9.17, 15) is 0 Å². The van der Waals surface area contributed by atoms with E-state index in [2.05, 4.69) is 42.5 Å². The Morgan fingerprint density at radius 1 is 1.21 bits per heavy atom. The van der Waals surface area contributed by atoms with Gasteiger partial charge in [-0.3, -0.25) is 4.98 Å². The van der Waals surface area contributed by atoms with E-state index in [1.165, 1.54) is 24.1 Å². The molecule has 0 fully saturated rings. The van der Waals surface area contributed by atoms with Crippen LogP contribution in [0.2, 0.25) is 0 Å². The van der Waals surface area contributed by atoms with Crippen molar-refractivity contribution in [1.82, 2.24) is 10.3 Å². The highest BCUT2D eigenvalue weighted by molar-refractivity contribution is 5.51. The SMILES string of the molecule is CCCNCc1cnc(C)cc1NCC(CC)CC. The van der Waals surface area contributed by atoms with Crippen LogP contribution in [-0.2, 0) is 6.54 Å². The van der Waals surface area contributed by atoms with Crippen molar-refractivity contribution in [2.75, 3.05) is 18.4 Å². The van der Waals surface area contributed by atoms with E-state index in [0.29, 0.717) is 0 Å². The molecule has 0 aromatic carbocycles. The number of nitrogens with one attached hydrogen (secondary N) is 2. The molecule has 0 aliphatic heterocycles. The molecule has 0 saturated carbocycles. The van der Waals surface area contributed by atoms with Crippen LogP contribution in [0.4, 0.5) is 5.69 Å². The van der Waals surface area contributed by atoms with Gasteiger partial charge in [-0.15, -0.1) is 0 Å². The molecule has 3 heteroatoms. The standard InChI is InChI=1S/C16H29N3/c1-5-8-17-11-15-12-18-13(4)9-16(15)19-10-14(6-2)7-3/h9,12,14,17H,5-8,10-11H2,1-4H3,(H,18,19). The molecule has 19 heavy (non-hydrogen) atoms. The van der Waals surface area contributed by atoms with Crippen LogP contribution in [0.3, 0.4) is 0 Å². The summed E-state index contributed by atoms with van der Waals surface area (Å²) in [5.74, 6) is 0.755. The fraction of sp³-hybridized carbons (Fsp3) is 0.688. The summed E-state index contributed by atoms with van der Waals surface area (Å²) in [6, 6.07) is 2.16. The van der Waals surface area contributed by atoms with E-state index in [1.807, 2.05) is 13.1 Å². The Morgan fingerprint density at radius 2 is 1.95 bits per heavy atom. The average Bonchev–Trinajstić information content (AvgIpc) is 2.42. The molecule has 108 valence electrons. The number of nitrogens with zero attached hydrogens (tertiary/aromatic N) is 1. The van der Waals surface area contributed by atoms with E-state index in [1.54, 1.807) is 0 Å². The predicted molar refractivity (Wildman–Crippen MR) is 83.5 cm³/mol. The molecule has 0 amide bonds. The fourth-order valence-electron chi connectivity index (χ4n) is 2.13. The second kappa shape index (κ2) is 8.92. The maximum absolute atomic E-state index is 4.41. The highest BCUT2D eigenvalue weighted by Crippen LogP contribution is 2.17. The van der Waals surface area contributed by atoms with Crippen molar-refractivity contribution in [3.8, 4) is 0 Å². The lowest BCUT2D eigenvalue weighted by atomic mass is 10.0. The second-order valence-corrected chi connectivity index (χ2v) is 5.22. The normalized spacial score (nSPS) is 11.0. The lowest BCUT2D eigenvalue weighted by Crippen LogP contribution is -2.18. The van der Waals surface area contributed by atoms with Gasteiger partial charge < -0.3 is 10.6 Å².